The van der Waals surface area contributed by atoms with Crippen LogP contribution in [0, 0.1) is 11.3 Å². The van der Waals surface area contributed by atoms with Crippen molar-refractivity contribution >= 4 is 21.8 Å². The summed E-state index contributed by atoms with van der Waals surface area (Å²) in [5.41, 5.74) is 1.71. The van der Waals surface area contributed by atoms with E-state index < -0.39 is 10.0 Å². The van der Waals surface area contributed by atoms with Crippen molar-refractivity contribution in [3.05, 3.63) is 34.7 Å². The van der Waals surface area contributed by atoms with Gasteiger partial charge < -0.3 is 14.4 Å². The van der Waals surface area contributed by atoms with Crippen LogP contribution in [-0.2, 0) is 19.5 Å². The van der Waals surface area contributed by atoms with Gasteiger partial charge in [0, 0.05) is 31.9 Å². The first kappa shape index (κ1) is 19.4. The van der Waals surface area contributed by atoms with Gasteiger partial charge in [-0.2, -0.15) is 5.26 Å². The first-order valence-electron chi connectivity index (χ1n) is 8.19. The third-order valence-electron chi connectivity index (χ3n) is 3.71. The van der Waals surface area contributed by atoms with Gasteiger partial charge in [0.1, 0.15) is 6.07 Å². The molecular formula is C17H23N3O4S. The third-order valence-corrected chi connectivity index (χ3v) is 5.08. The largest absolute Gasteiger partial charge is 0.380 e. The molecule has 0 spiro atoms. The average Bonchev–Trinajstić information content (AvgIpc) is 2.64. The highest BCUT2D eigenvalue weighted by Gasteiger charge is 2.17. The van der Waals surface area contributed by atoms with E-state index in [9.17, 15) is 13.7 Å². The van der Waals surface area contributed by atoms with Crippen LogP contribution in [0.1, 0.15) is 12.5 Å². The number of benzene rings is 1. The van der Waals surface area contributed by atoms with E-state index in [1.165, 1.54) is 6.08 Å². The van der Waals surface area contributed by atoms with Crippen molar-refractivity contribution in [2.45, 2.75) is 6.92 Å². The Morgan fingerprint density at radius 2 is 2.04 bits per heavy atom. The van der Waals surface area contributed by atoms with Crippen molar-refractivity contribution in [1.29, 1.82) is 5.26 Å². The van der Waals surface area contributed by atoms with Crippen LogP contribution in [0.25, 0.3) is 6.08 Å². The molecule has 1 aromatic carbocycles. The number of morpholine rings is 1. The van der Waals surface area contributed by atoms with Crippen LogP contribution < -0.4 is 9.62 Å². The van der Waals surface area contributed by atoms with Gasteiger partial charge in [0.2, 0.25) is 0 Å². The summed E-state index contributed by atoms with van der Waals surface area (Å²) in [4.78, 5) is 1.89. The summed E-state index contributed by atoms with van der Waals surface area (Å²) in [6, 6.07) is 9.20. The Hall–Kier alpha value is -1.92. The SMILES string of the molecule is CCOCCNS(=O)(=O)/C(C#N)=C/c1ccc(N2CCOCC2)cc1. The molecule has 136 valence electrons. The van der Waals surface area contributed by atoms with E-state index in [1.807, 2.05) is 19.1 Å². The minimum Gasteiger partial charge on any atom is -0.380 e. The number of anilines is 1. The Bertz CT molecular complexity index is 717. The summed E-state index contributed by atoms with van der Waals surface area (Å²) < 4.78 is 37.1. The minimum absolute atomic E-state index is 0.130. The van der Waals surface area contributed by atoms with E-state index in [4.69, 9.17) is 9.47 Å². The fourth-order valence-electron chi connectivity index (χ4n) is 2.39. The van der Waals surface area contributed by atoms with Crippen molar-refractivity contribution in [3.8, 4) is 6.07 Å². The molecule has 2 rings (SSSR count). The van der Waals surface area contributed by atoms with Crippen molar-refractivity contribution in [3.63, 3.8) is 0 Å². The Labute approximate surface area is 148 Å². The van der Waals surface area contributed by atoms with Crippen molar-refractivity contribution < 1.29 is 17.9 Å². The van der Waals surface area contributed by atoms with Crippen LogP contribution in [0.15, 0.2) is 29.2 Å². The predicted octanol–water partition coefficient (Wildman–Crippen LogP) is 1.34. The van der Waals surface area contributed by atoms with Gasteiger partial charge in [-0.1, -0.05) is 12.1 Å². The second-order valence-electron chi connectivity index (χ2n) is 5.41. The molecule has 25 heavy (non-hydrogen) atoms. The summed E-state index contributed by atoms with van der Waals surface area (Å²) in [5, 5.41) is 9.19. The quantitative estimate of drug-likeness (QED) is 0.552. The zero-order valence-electron chi connectivity index (χ0n) is 14.3. The maximum Gasteiger partial charge on any atom is 0.250 e. The Morgan fingerprint density at radius 3 is 2.64 bits per heavy atom. The second-order valence-corrected chi connectivity index (χ2v) is 7.14. The average molecular weight is 365 g/mol. The Kier molecular flexibility index (Phi) is 7.40. The van der Waals surface area contributed by atoms with Gasteiger partial charge in [-0.25, -0.2) is 13.1 Å². The zero-order valence-corrected chi connectivity index (χ0v) is 15.1. The van der Waals surface area contributed by atoms with E-state index in [2.05, 4.69) is 9.62 Å². The molecule has 1 aliphatic rings. The van der Waals surface area contributed by atoms with E-state index in [-0.39, 0.29) is 18.1 Å². The number of rotatable bonds is 8. The normalized spacial score (nSPS) is 15.8. The van der Waals surface area contributed by atoms with Crippen LogP contribution >= 0.6 is 0 Å². The molecule has 1 saturated heterocycles. The van der Waals surface area contributed by atoms with E-state index in [1.54, 1.807) is 18.2 Å². The molecule has 0 bridgehead atoms. The number of nitriles is 1. The van der Waals surface area contributed by atoms with E-state index in [0.29, 0.717) is 25.4 Å². The lowest BCUT2D eigenvalue weighted by molar-refractivity contribution is 0.122. The smallest absolute Gasteiger partial charge is 0.250 e. The summed E-state index contributed by atoms with van der Waals surface area (Å²) in [6.45, 7) is 5.80. The number of hydrogen-bond donors (Lipinski definition) is 1. The Morgan fingerprint density at radius 1 is 1.36 bits per heavy atom. The van der Waals surface area contributed by atoms with Crippen LogP contribution in [0.5, 0.6) is 0 Å². The molecule has 1 aliphatic heterocycles. The molecule has 1 heterocycles. The summed E-state index contributed by atoms with van der Waals surface area (Å²) in [7, 11) is -3.84. The number of nitrogens with zero attached hydrogens (tertiary/aromatic N) is 2. The van der Waals surface area contributed by atoms with Gasteiger partial charge in [0.15, 0.2) is 4.91 Å². The van der Waals surface area contributed by atoms with Gasteiger partial charge in [-0.3, -0.25) is 0 Å². The maximum atomic E-state index is 12.2. The zero-order chi connectivity index (χ0) is 18.1. The lowest BCUT2D eigenvalue weighted by Gasteiger charge is -2.28. The number of allylic oxidation sites excluding steroid dienone is 1. The van der Waals surface area contributed by atoms with Crippen LogP contribution in [0.4, 0.5) is 5.69 Å². The molecule has 1 aromatic rings. The molecule has 0 aromatic heterocycles. The molecular weight excluding hydrogens is 342 g/mol. The molecule has 0 amide bonds. The Balaban J connectivity index is 2.06. The van der Waals surface area contributed by atoms with Crippen molar-refractivity contribution in [2.24, 2.45) is 0 Å². The fourth-order valence-corrected chi connectivity index (χ4v) is 3.31. The lowest BCUT2D eigenvalue weighted by atomic mass is 10.2. The van der Waals surface area contributed by atoms with Crippen LogP contribution in [0.2, 0.25) is 0 Å². The highest BCUT2D eigenvalue weighted by atomic mass is 32.2. The standard InChI is InChI=1S/C17H23N3O4S/c1-2-23-10-7-19-25(21,22)17(14-18)13-15-3-5-16(6-4-15)20-8-11-24-12-9-20/h3-6,13,19H,2,7-12H2,1H3/b17-13+. The molecule has 1 N–H and O–H groups in total. The molecule has 1 fully saturated rings. The lowest BCUT2D eigenvalue weighted by Crippen LogP contribution is -2.36. The highest BCUT2D eigenvalue weighted by molar-refractivity contribution is 7.93. The van der Waals surface area contributed by atoms with Gasteiger partial charge in [0.05, 0.1) is 19.8 Å². The van der Waals surface area contributed by atoms with Crippen LogP contribution in [0.3, 0.4) is 0 Å². The van der Waals surface area contributed by atoms with Crippen LogP contribution in [-0.4, -0.2) is 54.5 Å². The van der Waals surface area contributed by atoms with Gasteiger partial charge in [-0.15, -0.1) is 0 Å². The molecule has 0 radical (unpaired) electrons. The third kappa shape index (κ3) is 5.83. The molecule has 0 unspecified atom stereocenters. The molecule has 0 atom stereocenters. The first-order valence-corrected chi connectivity index (χ1v) is 9.67. The van der Waals surface area contributed by atoms with Gasteiger partial charge >= 0.3 is 0 Å². The number of ether oxygens (including phenoxy) is 2. The van der Waals surface area contributed by atoms with Crippen molar-refractivity contribution in [1.82, 2.24) is 4.72 Å². The van der Waals surface area contributed by atoms with Crippen molar-refractivity contribution in [2.75, 3.05) is 51.0 Å². The number of sulfonamides is 1. The number of hydrogen-bond acceptors (Lipinski definition) is 6. The molecule has 7 nitrogen and oxygen atoms in total. The van der Waals surface area contributed by atoms with Gasteiger partial charge in [-0.05, 0) is 30.7 Å². The fraction of sp³-hybridized carbons (Fsp3) is 0.471. The highest BCUT2D eigenvalue weighted by Crippen LogP contribution is 2.19. The summed E-state index contributed by atoms with van der Waals surface area (Å²) in [5.74, 6) is 0. The predicted molar refractivity (Wildman–Crippen MR) is 96.5 cm³/mol. The number of nitrogens with one attached hydrogen (secondary N) is 1. The minimum atomic E-state index is -3.84. The summed E-state index contributed by atoms with van der Waals surface area (Å²) in [6.07, 6.45) is 1.37. The van der Waals surface area contributed by atoms with Gasteiger partial charge in [0.25, 0.3) is 10.0 Å². The second kappa shape index (κ2) is 9.53. The first-order chi connectivity index (χ1) is 12.1. The molecule has 0 saturated carbocycles. The summed E-state index contributed by atoms with van der Waals surface area (Å²) >= 11 is 0. The molecule has 0 aliphatic carbocycles. The maximum absolute atomic E-state index is 12.2. The van der Waals surface area contributed by atoms with E-state index in [0.717, 1.165) is 18.8 Å². The topological polar surface area (TPSA) is 91.7 Å². The van der Waals surface area contributed by atoms with E-state index >= 15 is 0 Å². The monoisotopic (exact) mass is 365 g/mol. The molecule has 8 heteroatoms.